The first-order valence-electron chi connectivity index (χ1n) is 14.0. The molecule has 1 amide bonds. The fourth-order valence-electron chi connectivity index (χ4n) is 6.77. The predicted molar refractivity (Wildman–Crippen MR) is 148 cm³/mol. The summed E-state index contributed by atoms with van der Waals surface area (Å²) in [6.45, 7) is 6.00. The molecule has 3 aromatic rings. The maximum atomic E-state index is 13.7. The average molecular weight is 517 g/mol. The van der Waals surface area contributed by atoms with E-state index in [-0.39, 0.29) is 41.5 Å². The molecule has 2 aliphatic rings. The zero-order chi connectivity index (χ0) is 26.6. The zero-order valence-electron chi connectivity index (χ0n) is 22.3. The zero-order valence-corrected chi connectivity index (χ0v) is 22.3. The first kappa shape index (κ1) is 26.6. The molecule has 1 N–H and O–H groups in total. The van der Waals surface area contributed by atoms with Gasteiger partial charge in [-0.3, -0.25) is 9.69 Å². The van der Waals surface area contributed by atoms with Gasteiger partial charge in [-0.25, -0.2) is 8.78 Å². The summed E-state index contributed by atoms with van der Waals surface area (Å²) in [5.41, 5.74) is 3.09. The lowest BCUT2D eigenvalue weighted by atomic mass is 9.87. The number of hydrogen-bond acceptors (Lipinski definition) is 2. The molecule has 0 spiro atoms. The van der Waals surface area contributed by atoms with Gasteiger partial charge >= 0.3 is 0 Å². The van der Waals surface area contributed by atoms with E-state index >= 15 is 0 Å². The highest BCUT2D eigenvalue weighted by Gasteiger charge is 2.45. The fourth-order valence-corrected chi connectivity index (χ4v) is 6.77. The summed E-state index contributed by atoms with van der Waals surface area (Å²) < 4.78 is 27.4. The summed E-state index contributed by atoms with van der Waals surface area (Å²) >= 11 is 0. The van der Waals surface area contributed by atoms with Crippen molar-refractivity contribution in [1.82, 2.24) is 10.2 Å². The van der Waals surface area contributed by atoms with Crippen LogP contribution in [-0.2, 0) is 4.79 Å². The van der Waals surface area contributed by atoms with Crippen LogP contribution in [0.25, 0.3) is 0 Å². The van der Waals surface area contributed by atoms with E-state index in [9.17, 15) is 13.6 Å². The van der Waals surface area contributed by atoms with Crippen molar-refractivity contribution in [2.24, 2.45) is 17.8 Å². The molecule has 1 aliphatic heterocycles. The molecule has 3 nitrogen and oxygen atoms in total. The van der Waals surface area contributed by atoms with Crippen molar-refractivity contribution in [3.63, 3.8) is 0 Å². The quantitative estimate of drug-likeness (QED) is 0.329. The van der Waals surface area contributed by atoms with E-state index in [1.165, 1.54) is 37.1 Å². The molecule has 5 heteroatoms. The third-order valence-electron chi connectivity index (χ3n) is 8.63. The Morgan fingerprint density at radius 3 is 2.05 bits per heavy atom. The van der Waals surface area contributed by atoms with Crippen molar-refractivity contribution in [1.29, 1.82) is 0 Å². The normalized spacial score (nSPS) is 22.1. The van der Waals surface area contributed by atoms with Crippen molar-refractivity contribution in [3.8, 4) is 0 Å². The predicted octanol–water partition coefficient (Wildman–Crippen LogP) is 7.10. The van der Waals surface area contributed by atoms with E-state index in [2.05, 4.69) is 24.1 Å². The second-order valence-electron chi connectivity index (χ2n) is 11.4. The van der Waals surface area contributed by atoms with Crippen LogP contribution in [0.4, 0.5) is 8.78 Å². The highest BCUT2D eigenvalue weighted by molar-refractivity contribution is 5.84. The lowest BCUT2D eigenvalue weighted by Crippen LogP contribution is -2.49. The maximum absolute atomic E-state index is 13.7. The largest absolute Gasteiger partial charge is 0.340 e. The van der Waals surface area contributed by atoms with Crippen LogP contribution in [0.5, 0.6) is 0 Å². The van der Waals surface area contributed by atoms with Gasteiger partial charge < -0.3 is 5.32 Å². The number of hydrogen-bond donors (Lipinski definition) is 1. The molecule has 1 aliphatic carbocycles. The third kappa shape index (κ3) is 5.83. The second kappa shape index (κ2) is 11.8. The molecule has 0 aromatic heterocycles. The van der Waals surface area contributed by atoms with Gasteiger partial charge in [0.2, 0.25) is 5.91 Å². The molecule has 4 atom stereocenters. The van der Waals surface area contributed by atoms with Gasteiger partial charge in [-0.2, -0.15) is 0 Å². The summed E-state index contributed by atoms with van der Waals surface area (Å²) in [6.07, 6.45) is 4.38. The van der Waals surface area contributed by atoms with Gasteiger partial charge in [0.25, 0.3) is 0 Å². The van der Waals surface area contributed by atoms with Crippen molar-refractivity contribution in [3.05, 3.63) is 107 Å². The van der Waals surface area contributed by atoms with Gasteiger partial charge in [-0.15, -0.1) is 0 Å². The number of benzene rings is 3. The Morgan fingerprint density at radius 1 is 0.868 bits per heavy atom. The Labute approximate surface area is 225 Å². The minimum atomic E-state index is -0.264. The van der Waals surface area contributed by atoms with Crippen LogP contribution in [0.3, 0.4) is 0 Å². The Bertz CT molecular complexity index is 1150. The number of rotatable bonds is 9. The molecule has 200 valence electrons. The van der Waals surface area contributed by atoms with Crippen LogP contribution < -0.4 is 5.32 Å². The highest BCUT2D eigenvalue weighted by Crippen LogP contribution is 2.42. The van der Waals surface area contributed by atoms with Gasteiger partial charge in [-0.05, 0) is 78.0 Å². The molecule has 1 saturated carbocycles. The molecular formula is C33H38F2N2O. The third-order valence-corrected chi connectivity index (χ3v) is 8.63. The molecule has 1 heterocycles. The number of nitrogens with zero attached hydrogens (tertiary/aromatic N) is 1. The molecule has 2 fully saturated rings. The summed E-state index contributed by atoms with van der Waals surface area (Å²) in [5, 5.41) is 3.49. The lowest BCUT2D eigenvalue weighted by Gasteiger charge is -2.32. The smallest absolute Gasteiger partial charge is 0.229 e. The van der Waals surface area contributed by atoms with E-state index in [1.807, 2.05) is 54.6 Å². The first-order chi connectivity index (χ1) is 18.4. The fraction of sp³-hybridized carbons (Fsp3) is 0.424. The number of halogens is 2. The molecule has 2 unspecified atom stereocenters. The summed E-state index contributed by atoms with van der Waals surface area (Å²) in [5.74, 6) is 0.655. The van der Waals surface area contributed by atoms with Crippen LogP contribution in [0.15, 0.2) is 78.9 Å². The molecule has 38 heavy (non-hydrogen) atoms. The van der Waals surface area contributed by atoms with Gasteiger partial charge in [0.05, 0.1) is 12.1 Å². The highest BCUT2D eigenvalue weighted by atomic mass is 19.1. The summed E-state index contributed by atoms with van der Waals surface area (Å²) in [4.78, 5) is 16.2. The molecule has 0 bridgehead atoms. The average Bonchev–Trinajstić information content (AvgIpc) is 3.49. The monoisotopic (exact) mass is 516 g/mol. The van der Waals surface area contributed by atoms with E-state index < -0.39 is 0 Å². The standard InChI is InChI=1S/C33H38F2N2O/c1-22(2)31(25-7-4-3-5-8-25)33(38)36-32-30-10-6-9-26(30)21-37(32)20-19-29(23-11-15-27(34)16-12-23)24-13-17-28(35)18-14-24/h3-5,7-8,11-18,22,26,29-32H,6,9-10,19-21H2,1-2H3,(H,36,38)/t26-,30-,31?,32?/m0/s1. The molecule has 5 rings (SSSR count). The molecule has 3 aromatic carbocycles. The Balaban J connectivity index is 1.35. The van der Waals surface area contributed by atoms with E-state index in [4.69, 9.17) is 0 Å². The number of fused-ring (bicyclic) bond motifs is 1. The maximum Gasteiger partial charge on any atom is 0.229 e. The van der Waals surface area contributed by atoms with Gasteiger partial charge in [0.15, 0.2) is 0 Å². The van der Waals surface area contributed by atoms with Crippen molar-refractivity contribution >= 4 is 5.91 Å². The van der Waals surface area contributed by atoms with E-state index in [0.717, 1.165) is 42.6 Å². The second-order valence-corrected chi connectivity index (χ2v) is 11.4. The number of carbonyl (C=O) groups is 1. The van der Waals surface area contributed by atoms with Gasteiger partial charge in [-0.1, -0.05) is 74.9 Å². The first-order valence-corrected chi connectivity index (χ1v) is 14.0. The van der Waals surface area contributed by atoms with Crippen molar-refractivity contribution in [2.45, 2.75) is 57.5 Å². The van der Waals surface area contributed by atoms with Crippen molar-refractivity contribution < 1.29 is 13.6 Å². The minimum Gasteiger partial charge on any atom is -0.340 e. The SMILES string of the molecule is CC(C)C(C(=O)NC1[C@H]2CCC[C@H]2CN1CCC(c1ccc(F)cc1)c1ccc(F)cc1)c1ccccc1. The number of amides is 1. The van der Waals surface area contributed by atoms with E-state index in [1.54, 1.807) is 0 Å². The molecular weight excluding hydrogens is 478 g/mol. The lowest BCUT2D eigenvalue weighted by molar-refractivity contribution is -0.125. The number of carbonyl (C=O) groups excluding carboxylic acids is 1. The number of nitrogens with one attached hydrogen (secondary N) is 1. The van der Waals surface area contributed by atoms with Crippen molar-refractivity contribution in [2.75, 3.05) is 13.1 Å². The van der Waals surface area contributed by atoms with Gasteiger partial charge in [0, 0.05) is 19.0 Å². The molecule has 0 radical (unpaired) electrons. The molecule has 1 saturated heterocycles. The van der Waals surface area contributed by atoms with E-state index in [0.29, 0.717) is 11.8 Å². The number of likely N-dealkylation sites (tertiary alicyclic amines) is 1. The Hall–Kier alpha value is -3.05. The Kier molecular flexibility index (Phi) is 8.23. The van der Waals surface area contributed by atoms with Crippen LogP contribution in [-0.4, -0.2) is 30.1 Å². The minimum absolute atomic E-state index is 0.0146. The van der Waals surface area contributed by atoms with Crippen LogP contribution >= 0.6 is 0 Å². The van der Waals surface area contributed by atoms with Gasteiger partial charge in [0.1, 0.15) is 11.6 Å². The summed E-state index contributed by atoms with van der Waals surface area (Å²) in [6, 6.07) is 23.3. The summed E-state index contributed by atoms with van der Waals surface area (Å²) in [7, 11) is 0. The van der Waals surface area contributed by atoms with Crippen LogP contribution in [0.2, 0.25) is 0 Å². The van der Waals surface area contributed by atoms with Crippen LogP contribution in [0, 0.1) is 29.4 Å². The topological polar surface area (TPSA) is 32.3 Å². The Morgan fingerprint density at radius 2 is 1.47 bits per heavy atom. The van der Waals surface area contributed by atoms with Crippen LogP contribution in [0.1, 0.15) is 68.1 Å².